The Hall–Kier alpha value is -1.15. The van der Waals surface area contributed by atoms with E-state index < -0.39 is 0 Å². The van der Waals surface area contributed by atoms with E-state index in [2.05, 4.69) is 19.9 Å². The summed E-state index contributed by atoms with van der Waals surface area (Å²) in [4.78, 5) is 0. The van der Waals surface area contributed by atoms with Crippen LogP contribution >= 0.6 is 0 Å². The van der Waals surface area contributed by atoms with E-state index in [1.54, 1.807) is 0 Å². The van der Waals surface area contributed by atoms with E-state index in [0.29, 0.717) is 0 Å². The Labute approximate surface area is 128 Å². The third-order valence-electron chi connectivity index (χ3n) is 4.62. The molecule has 0 radical (unpaired) electrons. The molecule has 1 aromatic rings. The standard InChI is InChI=1S/C19H27FO/c1-3-4-17(18-11-13-21-14-12-18)6-5-15(2)16-7-9-19(20)10-8-16/h5,7-10,17-18H,3-4,6,11-14H2,1-2H3. The van der Waals surface area contributed by atoms with E-state index in [4.69, 9.17) is 4.74 Å². The Kier molecular flexibility index (Phi) is 6.44. The molecule has 0 saturated carbocycles. The molecule has 0 aliphatic carbocycles. The van der Waals surface area contributed by atoms with Crippen molar-refractivity contribution in [3.8, 4) is 0 Å². The highest BCUT2D eigenvalue weighted by Gasteiger charge is 2.22. The van der Waals surface area contributed by atoms with Crippen LogP contribution in [0.4, 0.5) is 4.39 Å². The van der Waals surface area contributed by atoms with E-state index in [-0.39, 0.29) is 5.82 Å². The van der Waals surface area contributed by atoms with Crippen LogP contribution in [0, 0.1) is 17.7 Å². The molecule has 1 heterocycles. The lowest BCUT2D eigenvalue weighted by atomic mass is 9.80. The number of hydrogen-bond donors (Lipinski definition) is 0. The Morgan fingerprint density at radius 1 is 1.29 bits per heavy atom. The third-order valence-corrected chi connectivity index (χ3v) is 4.62. The minimum Gasteiger partial charge on any atom is -0.381 e. The molecule has 1 atom stereocenters. The zero-order valence-corrected chi connectivity index (χ0v) is 13.3. The van der Waals surface area contributed by atoms with Crippen molar-refractivity contribution in [1.29, 1.82) is 0 Å². The fourth-order valence-corrected chi connectivity index (χ4v) is 3.26. The molecule has 0 amide bonds. The van der Waals surface area contributed by atoms with E-state index in [1.165, 1.54) is 43.4 Å². The zero-order valence-electron chi connectivity index (χ0n) is 13.3. The highest BCUT2D eigenvalue weighted by molar-refractivity contribution is 5.63. The number of rotatable bonds is 6. The topological polar surface area (TPSA) is 9.23 Å². The molecule has 1 nitrogen and oxygen atoms in total. The Balaban J connectivity index is 1.98. The molecule has 2 rings (SSSR count). The highest BCUT2D eigenvalue weighted by atomic mass is 19.1. The SMILES string of the molecule is CCCC(CC=C(C)c1ccc(F)cc1)C1CCOCC1. The molecule has 1 aliphatic heterocycles. The minimum atomic E-state index is -0.169. The van der Waals surface area contributed by atoms with Crippen molar-refractivity contribution < 1.29 is 9.13 Å². The molecule has 21 heavy (non-hydrogen) atoms. The van der Waals surface area contributed by atoms with Gasteiger partial charge in [0.05, 0.1) is 0 Å². The molecular weight excluding hydrogens is 263 g/mol. The first kappa shape index (κ1) is 16.2. The summed E-state index contributed by atoms with van der Waals surface area (Å²) in [6, 6.07) is 6.80. The van der Waals surface area contributed by atoms with E-state index in [0.717, 1.165) is 37.0 Å². The fourth-order valence-electron chi connectivity index (χ4n) is 3.26. The van der Waals surface area contributed by atoms with Crippen molar-refractivity contribution in [1.82, 2.24) is 0 Å². The van der Waals surface area contributed by atoms with Gasteiger partial charge < -0.3 is 4.74 Å². The molecule has 2 heteroatoms. The Bertz CT molecular complexity index is 443. The Morgan fingerprint density at radius 3 is 2.57 bits per heavy atom. The predicted octanol–water partition coefficient (Wildman–Crippen LogP) is 5.46. The van der Waals surface area contributed by atoms with Gasteiger partial charge in [-0.3, -0.25) is 0 Å². The monoisotopic (exact) mass is 290 g/mol. The van der Waals surface area contributed by atoms with Crippen LogP contribution in [0.2, 0.25) is 0 Å². The van der Waals surface area contributed by atoms with Gasteiger partial charge >= 0.3 is 0 Å². The quantitative estimate of drug-likeness (QED) is 0.675. The van der Waals surface area contributed by atoms with Crippen molar-refractivity contribution >= 4 is 5.57 Å². The van der Waals surface area contributed by atoms with Gasteiger partial charge in [0.15, 0.2) is 0 Å². The summed E-state index contributed by atoms with van der Waals surface area (Å²) in [5.74, 6) is 1.39. The highest BCUT2D eigenvalue weighted by Crippen LogP contribution is 2.31. The van der Waals surface area contributed by atoms with Crippen molar-refractivity contribution in [3.63, 3.8) is 0 Å². The van der Waals surface area contributed by atoms with Crippen LogP contribution in [0.25, 0.3) is 5.57 Å². The number of allylic oxidation sites excluding steroid dienone is 2. The first-order valence-corrected chi connectivity index (χ1v) is 8.21. The molecule has 1 saturated heterocycles. The first-order valence-electron chi connectivity index (χ1n) is 8.21. The third kappa shape index (κ3) is 4.96. The van der Waals surface area contributed by atoms with Crippen molar-refractivity contribution in [2.45, 2.75) is 46.0 Å². The van der Waals surface area contributed by atoms with E-state index in [1.807, 2.05) is 12.1 Å². The second kappa shape index (κ2) is 8.33. The lowest BCUT2D eigenvalue weighted by Crippen LogP contribution is -2.23. The normalized spacial score (nSPS) is 18.7. The summed E-state index contributed by atoms with van der Waals surface area (Å²) in [5.41, 5.74) is 2.38. The maximum Gasteiger partial charge on any atom is 0.123 e. The summed E-state index contributed by atoms with van der Waals surface area (Å²) in [7, 11) is 0. The predicted molar refractivity (Wildman–Crippen MR) is 86.6 cm³/mol. The average molecular weight is 290 g/mol. The molecule has 1 fully saturated rings. The summed E-state index contributed by atoms with van der Waals surface area (Å²) in [6.07, 6.45) is 8.40. The number of ether oxygens (including phenoxy) is 1. The summed E-state index contributed by atoms with van der Waals surface area (Å²) >= 11 is 0. The largest absolute Gasteiger partial charge is 0.381 e. The van der Waals surface area contributed by atoms with Gasteiger partial charge in [0, 0.05) is 13.2 Å². The van der Waals surface area contributed by atoms with Crippen LogP contribution in [0.1, 0.15) is 51.5 Å². The van der Waals surface area contributed by atoms with Crippen LogP contribution in [-0.4, -0.2) is 13.2 Å². The second-order valence-electron chi connectivity index (χ2n) is 6.13. The molecule has 0 aromatic heterocycles. The van der Waals surface area contributed by atoms with Gasteiger partial charge in [-0.05, 0) is 61.3 Å². The van der Waals surface area contributed by atoms with Gasteiger partial charge in [-0.15, -0.1) is 0 Å². The van der Waals surface area contributed by atoms with Gasteiger partial charge in [-0.25, -0.2) is 4.39 Å². The van der Waals surface area contributed by atoms with Crippen LogP contribution in [0.5, 0.6) is 0 Å². The molecule has 0 spiro atoms. The molecule has 1 aromatic carbocycles. The van der Waals surface area contributed by atoms with Crippen molar-refractivity contribution in [3.05, 3.63) is 41.7 Å². The molecule has 116 valence electrons. The van der Waals surface area contributed by atoms with Crippen molar-refractivity contribution in [2.75, 3.05) is 13.2 Å². The summed E-state index contributed by atoms with van der Waals surface area (Å²) in [6.45, 7) is 6.24. The summed E-state index contributed by atoms with van der Waals surface area (Å²) in [5, 5.41) is 0. The Morgan fingerprint density at radius 2 is 1.95 bits per heavy atom. The lowest BCUT2D eigenvalue weighted by molar-refractivity contribution is 0.0452. The molecule has 1 aliphatic rings. The van der Waals surface area contributed by atoms with Gasteiger partial charge in [0.1, 0.15) is 5.82 Å². The molecule has 1 unspecified atom stereocenters. The maximum atomic E-state index is 13.0. The number of hydrogen-bond acceptors (Lipinski definition) is 1. The average Bonchev–Trinajstić information content (AvgIpc) is 2.52. The van der Waals surface area contributed by atoms with Gasteiger partial charge in [-0.1, -0.05) is 38.0 Å². The molecular formula is C19H27FO. The molecule has 0 bridgehead atoms. The maximum absolute atomic E-state index is 13.0. The zero-order chi connectivity index (χ0) is 15.1. The number of benzene rings is 1. The van der Waals surface area contributed by atoms with Crippen LogP contribution in [0.15, 0.2) is 30.3 Å². The lowest BCUT2D eigenvalue weighted by Gasteiger charge is -2.29. The second-order valence-corrected chi connectivity index (χ2v) is 6.13. The van der Waals surface area contributed by atoms with E-state index in [9.17, 15) is 4.39 Å². The van der Waals surface area contributed by atoms with Crippen LogP contribution < -0.4 is 0 Å². The fraction of sp³-hybridized carbons (Fsp3) is 0.579. The summed E-state index contributed by atoms with van der Waals surface area (Å²) < 4.78 is 18.5. The van der Waals surface area contributed by atoms with Crippen LogP contribution in [0.3, 0.4) is 0 Å². The first-order chi connectivity index (χ1) is 10.2. The number of halogens is 1. The van der Waals surface area contributed by atoms with Gasteiger partial charge in [0.2, 0.25) is 0 Å². The van der Waals surface area contributed by atoms with Crippen LogP contribution in [-0.2, 0) is 4.74 Å². The molecule has 0 N–H and O–H groups in total. The van der Waals surface area contributed by atoms with Gasteiger partial charge in [-0.2, -0.15) is 0 Å². The smallest absolute Gasteiger partial charge is 0.123 e. The van der Waals surface area contributed by atoms with E-state index >= 15 is 0 Å². The van der Waals surface area contributed by atoms with Gasteiger partial charge in [0.25, 0.3) is 0 Å². The minimum absolute atomic E-state index is 0.169. The van der Waals surface area contributed by atoms with Crippen molar-refractivity contribution in [2.24, 2.45) is 11.8 Å².